The van der Waals surface area contributed by atoms with Crippen LogP contribution in [-0.2, 0) is 0 Å². The molecule has 0 radical (unpaired) electrons. The zero-order valence-electron chi connectivity index (χ0n) is 15.4. The van der Waals surface area contributed by atoms with Gasteiger partial charge in [0.05, 0.1) is 23.3 Å². The van der Waals surface area contributed by atoms with E-state index in [1.807, 2.05) is 6.92 Å². The van der Waals surface area contributed by atoms with Crippen LogP contribution in [0.3, 0.4) is 0 Å². The third-order valence-corrected chi connectivity index (χ3v) is 4.47. The first kappa shape index (κ1) is 20.4. The Morgan fingerprint density at radius 3 is 2.71 bits per heavy atom. The van der Waals surface area contributed by atoms with E-state index in [0.29, 0.717) is 22.2 Å². The molecule has 0 aliphatic heterocycles. The Morgan fingerprint density at radius 1 is 1.29 bits per heavy atom. The topological polar surface area (TPSA) is 82.8 Å². The lowest BCUT2D eigenvalue weighted by Crippen LogP contribution is -2.22. The molecule has 0 spiro atoms. The van der Waals surface area contributed by atoms with E-state index in [1.165, 1.54) is 41.8 Å². The van der Waals surface area contributed by atoms with Gasteiger partial charge in [0.25, 0.3) is 5.56 Å². The van der Waals surface area contributed by atoms with Crippen LogP contribution in [0.4, 0.5) is 4.39 Å². The number of ether oxygens (including phenoxy) is 1. The van der Waals surface area contributed by atoms with E-state index in [9.17, 15) is 9.18 Å². The lowest BCUT2D eigenvalue weighted by Gasteiger charge is -2.15. The zero-order chi connectivity index (χ0) is 20.1. The number of hydrogen-bond donors (Lipinski definition) is 0. The van der Waals surface area contributed by atoms with Gasteiger partial charge >= 0.3 is 0 Å². The molecular formula is C18H19FN5O2PS. The maximum atomic E-state index is 13.5. The summed E-state index contributed by atoms with van der Waals surface area (Å²) in [6, 6.07) is 6.41. The maximum absolute atomic E-state index is 13.5. The summed E-state index contributed by atoms with van der Waals surface area (Å²) in [5, 5.41) is -1.01. The van der Waals surface area contributed by atoms with Crippen LogP contribution >= 0.6 is 21.0 Å². The molecule has 0 bridgehead atoms. The SMILES string of the molecule is CCSc1nc(-c2ccncn2)cc(=O)n1-c1ccc(OCC(C)(F)P)nc1. The fraction of sp³-hybridized carbons (Fsp3) is 0.278. The van der Waals surface area contributed by atoms with Crippen molar-refractivity contribution in [3.63, 3.8) is 0 Å². The van der Waals surface area contributed by atoms with Crippen LogP contribution in [0.1, 0.15) is 13.8 Å². The number of pyridine rings is 1. The molecule has 2 atom stereocenters. The highest BCUT2D eigenvalue weighted by molar-refractivity contribution is 7.99. The van der Waals surface area contributed by atoms with Gasteiger partial charge in [0.15, 0.2) is 10.6 Å². The molecule has 3 rings (SSSR count). The van der Waals surface area contributed by atoms with Crippen molar-refractivity contribution in [2.24, 2.45) is 0 Å². The second kappa shape index (κ2) is 8.75. The van der Waals surface area contributed by atoms with Crippen molar-refractivity contribution in [3.8, 4) is 23.0 Å². The quantitative estimate of drug-likeness (QED) is 0.331. The van der Waals surface area contributed by atoms with Crippen LogP contribution in [0.5, 0.6) is 5.88 Å². The lowest BCUT2D eigenvalue weighted by molar-refractivity contribution is 0.177. The molecule has 3 heterocycles. The van der Waals surface area contributed by atoms with Crippen LogP contribution < -0.4 is 10.3 Å². The molecule has 3 aromatic rings. The van der Waals surface area contributed by atoms with E-state index < -0.39 is 5.41 Å². The van der Waals surface area contributed by atoms with E-state index >= 15 is 0 Å². The highest BCUT2D eigenvalue weighted by Gasteiger charge is 2.17. The van der Waals surface area contributed by atoms with E-state index in [0.717, 1.165) is 5.75 Å². The van der Waals surface area contributed by atoms with E-state index in [-0.39, 0.29) is 18.0 Å². The van der Waals surface area contributed by atoms with E-state index in [2.05, 4.69) is 29.2 Å². The van der Waals surface area contributed by atoms with Gasteiger partial charge in [0.1, 0.15) is 12.9 Å². The molecule has 0 fully saturated rings. The molecule has 0 saturated heterocycles. The van der Waals surface area contributed by atoms with Crippen LogP contribution in [0.15, 0.2) is 52.9 Å². The van der Waals surface area contributed by atoms with Gasteiger partial charge in [0.2, 0.25) is 5.88 Å². The summed E-state index contributed by atoms with van der Waals surface area (Å²) in [6.07, 6.45) is 4.51. The molecule has 10 heteroatoms. The van der Waals surface area contributed by atoms with Crippen LogP contribution in [0.2, 0.25) is 0 Å². The Hall–Kier alpha value is -2.38. The summed E-state index contributed by atoms with van der Waals surface area (Å²) in [5.74, 6) is 1.01. The molecule has 0 N–H and O–H groups in total. The van der Waals surface area contributed by atoms with Crippen LogP contribution in [0, 0.1) is 0 Å². The van der Waals surface area contributed by atoms with Crippen molar-refractivity contribution < 1.29 is 9.13 Å². The van der Waals surface area contributed by atoms with Gasteiger partial charge in [-0.05, 0) is 24.8 Å². The first-order valence-electron chi connectivity index (χ1n) is 8.47. The van der Waals surface area contributed by atoms with Crippen molar-refractivity contribution in [2.45, 2.75) is 24.4 Å². The van der Waals surface area contributed by atoms with Crippen molar-refractivity contribution in [3.05, 3.63) is 53.3 Å². The Labute approximate surface area is 168 Å². The lowest BCUT2D eigenvalue weighted by atomic mass is 10.3. The molecule has 0 saturated carbocycles. The monoisotopic (exact) mass is 419 g/mol. The summed E-state index contributed by atoms with van der Waals surface area (Å²) in [5.41, 5.74) is 1.35. The Kier molecular flexibility index (Phi) is 6.36. The van der Waals surface area contributed by atoms with Crippen molar-refractivity contribution in [1.29, 1.82) is 0 Å². The first-order chi connectivity index (χ1) is 13.4. The number of aromatic nitrogens is 5. The molecule has 28 heavy (non-hydrogen) atoms. The number of hydrogen-bond acceptors (Lipinski definition) is 7. The summed E-state index contributed by atoms with van der Waals surface area (Å²) in [6.45, 7) is 3.23. The second-order valence-electron chi connectivity index (χ2n) is 6.05. The van der Waals surface area contributed by atoms with E-state index in [4.69, 9.17) is 4.74 Å². The van der Waals surface area contributed by atoms with Gasteiger partial charge in [-0.3, -0.25) is 9.36 Å². The number of rotatable bonds is 7. The predicted octanol–water partition coefficient (Wildman–Crippen LogP) is 3.14. The van der Waals surface area contributed by atoms with Gasteiger partial charge in [-0.1, -0.05) is 27.9 Å². The van der Waals surface area contributed by atoms with Crippen molar-refractivity contribution in [2.75, 3.05) is 12.4 Å². The van der Waals surface area contributed by atoms with Crippen molar-refractivity contribution in [1.82, 2.24) is 24.5 Å². The van der Waals surface area contributed by atoms with Gasteiger partial charge < -0.3 is 4.74 Å². The van der Waals surface area contributed by atoms with Crippen LogP contribution in [-0.4, -0.2) is 42.3 Å². The number of nitrogens with zero attached hydrogens (tertiary/aromatic N) is 5. The molecular weight excluding hydrogens is 400 g/mol. The molecule has 0 amide bonds. The van der Waals surface area contributed by atoms with Crippen LogP contribution in [0.25, 0.3) is 17.1 Å². The molecule has 3 aromatic heterocycles. The Bertz CT molecular complexity index is 994. The zero-order valence-corrected chi connectivity index (χ0v) is 17.3. The van der Waals surface area contributed by atoms with Gasteiger partial charge in [-0.15, -0.1) is 0 Å². The minimum absolute atomic E-state index is 0.143. The highest BCUT2D eigenvalue weighted by Crippen LogP contribution is 2.23. The van der Waals surface area contributed by atoms with Gasteiger partial charge in [0, 0.05) is 18.3 Å². The third kappa shape index (κ3) is 5.11. The smallest absolute Gasteiger partial charge is 0.259 e. The molecule has 0 aliphatic rings. The number of thioether (sulfide) groups is 1. The Morgan fingerprint density at radius 2 is 2.11 bits per heavy atom. The van der Waals surface area contributed by atoms with Gasteiger partial charge in [-0.25, -0.2) is 24.3 Å². The predicted molar refractivity (Wildman–Crippen MR) is 110 cm³/mol. The normalized spacial score (nSPS) is 13.1. The Balaban J connectivity index is 1.96. The fourth-order valence-electron chi connectivity index (χ4n) is 2.30. The summed E-state index contributed by atoms with van der Waals surface area (Å²) >= 11 is 1.43. The molecule has 7 nitrogen and oxygen atoms in total. The molecule has 2 unspecified atom stereocenters. The summed E-state index contributed by atoms with van der Waals surface area (Å²) in [4.78, 5) is 29.6. The molecule has 0 aromatic carbocycles. The number of alkyl halides is 1. The van der Waals surface area contributed by atoms with E-state index in [1.54, 1.807) is 24.4 Å². The van der Waals surface area contributed by atoms with Crippen molar-refractivity contribution >= 4 is 21.0 Å². The van der Waals surface area contributed by atoms with Gasteiger partial charge in [-0.2, -0.15) is 0 Å². The summed E-state index contributed by atoms with van der Waals surface area (Å²) < 4.78 is 20.3. The standard InChI is InChI=1S/C18H19FN5O2PS/c1-3-28-17-23-14(13-6-7-20-11-22-13)8-16(25)24(17)12-4-5-15(21-9-12)26-10-18(2,19)27/h4-9,11H,3,10,27H2,1-2H3. The first-order valence-corrected chi connectivity index (χ1v) is 10.0. The average Bonchev–Trinajstić information content (AvgIpc) is 2.67. The third-order valence-electron chi connectivity index (χ3n) is 3.49. The largest absolute Gasteiger partial charge is 0.474 e. The summed E-state index contributed by atoms with van der Waals surface area (Å²) in [7, 11) is 2.07. The average molecular weight is 419 g/mol. The minimum Gasteiger partial charge on any atom is -0.474 e. The highest BCUT2D eigenvalue weighted by atomic mass is 32.2. The minimum atomic E-state index is -1.54. The molecule has 0 aliphatic carbocycles. The second-order valence-corrected chi connectivity index (χ2v) is 8.48. The molecule has 146 valence electrons. The number of halogens is 1. The maximum Gasteiger partial charge on any atom is 0.259 e. The fourth-order valence-corrected chi connectivity index (χ4v) is 3.13.